The average molecular weight is 479 g/mol. The first-order valence-corrected chi connectivity index (χ1v) is 13.0. The van der Waals surface area contributed by atoms with Gasteiger partial charge in [0.2, 0.25) is 15.9 Å². The van der Waals surface area contributed by atoms with E-state index in [9.17, 15) is 22.8 Å². The molecule has 0 aromatic heterocycles. The second kappa shape index (κ2) is 10.2. The molecule has 0 bridgehead atoms. The number of anilines is 1. The van der Waals surface area contributed by atoms with Gasteiger partial charge in [0.25, 0.3) is 5.91 Å². The lowest BCUT2D eigenvalue weighted by atomic mass is 9.92. The van der Waals surface area contributed by atoms with Crippen molar-refractivity contribution in [3.63, 3.8) is 0 Å². The molecule has 4 amide bonds. The SMILES string of the molecule is CC(C)CCC1(C)NC(=O)N(CC(=O)Nc2cccc(S(=O)(=O)N3CCCCCC3)c2)C1=O. The van der Waals surface area contributed by atoms with Crippen molar-refractivity contribution in [2.24, 2.45) is 5.92 Å². The van der Waals surface area contributed by atoms with Crippen molar-refractivity contribution in [3.8, 4) is 0 Å². The summed E-state index contributed by atoms with van der Waals surface area (Å²) in [6.07, 6.45) is 4.95. The number of benzene rings is 1. The fourth-order valence-corrected chi connectivity index (χ4v) is 5.71. The van der Waals surface area contributed by atoms with Crippen LogP contribution in [0.25, 0.3) is 0 Å². The molecule has 33 heavy (non-hydrogen) atoms. The Morgan fingerprint density at radius 1 is 1.15 bits per heavy atom. The van der Waals surface area contributed by atoms with Crippen LogP contribution in [0.4, 0.5) is 10.5 Å². The van der Waals surface area contributed by atoms with Crippen molar-refractivity contribution in [3.05, 3.63) is 24.3 Å². The van der Waals surface area contributed by atoms with E-state index < -0.39 is 40.0 Å². The van der Waals surface area contributed by atoms with Crippen LogP contribution in [0.5, 0.6) is 0 Å². The van der Waals surface area contributed by atoms with Crippen molar-refractivity contribution >= 4 is 33.6 Å². The highest BCUT2D eigenvalue weighted by Crippen LogP contribution is 2.25. The van der Waals surface area contributed by atoms with Gasteiger partial charge in [0, 0.05) is 18.8 Å². The number of urea groups is 1. The minimum absolute atomic E-state index is 0.110. The van der Waals surface area contributed by atoms with E-state index in [0.717, 1.165) is 37.0 Å². The van der Waals surface area contributed by atoms with Gasteiger partial charge in [-0.05, 0) is 56.7 Å². The topological polar surface area (TPSA) is 116 Å². The Balaban J connectivity index is 1.66. The Morgan fingerprint density at radius 3 is 2.45 bits per heavy atom. The van der Waals surface area contributed by atoms with Crippen molar-refractivity contribution in [2.75, 3.05) is 25.0 Å². The summed E-state index contributed by atoms with van der Waals surface area (Å²) < 4.78 is 27.6. The standard InChI is InChI=1S/C23H34N4O5S/c1-17(2)11-12-23(3)21(29)27(22(30)25-23)16-20(28)24-18-9-8-10-19(15-18)33(31,32)26-13-6-4-5-7-14-26/h8-10,15,17H,4-7,11-14,16H2,1-3H3,(H,24,28)(H,25,30). The third kappa shape index (κ3) is 5.92. The zero-order valence-electron chi connectivity index (χ0n) is 19.6. The summed E-state index contributed by atoms with van der Waals surface area (Å²) in [5.41, 5.74) is -0.728. The molecule has 2 aliphatic heterocycles. The summed E-state index contributed by atoms with van der Waals surface area (Å²) >= 11 is 0. The van der Waals surface area contributed by atoms with Crippen LogP contribution in [0.1, 0.15) is 59.3 Å². The molecule has 2 heterocycles. The minimum Gasteiger partial charge on any atom is -0.324 e. The van der Waals surface area contributed by atoms with Crippen molar-refractivity contribution in [2.45, 2.75) is 69.7 Å². The molecule has 10 heteroatoms. The van der Waals surface area contributed by atoms with Gasteiger partial charge >= 0.3 is 6.03 Å². The first-order chi connectivity index (χ1) is 15.5. The fourth-order valence-electron chi connectivity index (χ4n) is 4.15. The number of amides is 4. The van der Waals surface area contributed by atoms with E-state index >= 15 is 0 Å². The van der Waals surface area contributed by atoms with E-state index in [4.69, 9.17) is 0 Å². The van der Waals surface area contributed by atoms with E-state index in [0.29, 0.717) is 31.1 Å². The Labute approximate surface area is 195 Å². The van der Waals surface area contributed by atoms with Gasteiger partial charge < -0.3 is 10.6 Å². The molecule has 1 aromatic carbocycles. The largest absolute Gasteiger partial charge is 0.325 e. The van der Waals surface area contributed by atoms with Gasteiger partial charge in [-0.2, -0.15) is 4.31 Å². The molecule has 1 atom stereocenters. The summed E-state index contributed by atoms with van der Waals surface area (Å²) in [6.45, 7) is 6.28. The molecule has 0 saturated carbocycles. The number of hydrogen-bond acceptors (Lipinski definition) is 5. The lowest BCUT2D eigenvalue weighted by molar-refractivity contribution is -0.133. The van der Waals surface area contributed by atoms with Gasteiger partial charge in [0.1, 0.15) is 12.1 Å². The number of imide groups is 1. The van der Waals surface area contributed by atoms with Crippen LogP contribution < -0.4 is 10.6 Å². The Hall–Kier alpha value is -2.46. The minimum atomic E-state index is -3.66. The van der Waals surface area contributed by atoms with Gasteiger partial charge in [-0.15, -0.1) is 0 Å². The molecule has 9 nitrogen and oxygen atoms in total. The van der Waals surface area contributed by atoms with Crippen molar-refractivity contribution in [1.29, 1.82) is 0 Å². The smallest absolute Gasteiger partial charge is 0.324 e. The molecule has 2 aliphatic rings. The molecule has 2 saturated heterocycles. The molecule has 1 aromatic rings. The zero-order chi connectivity index (χ0) is 24.2. The monoisotopic (exact) mass is 478 g/mol. The molecule has 0 radical (unpaired) electrons. The van der Waals surface area contributed by atoms with Gasteiger partial charge in [0.05, 0.1) is 4.90 Å². The van der Waals surface area contributed by atoms with Crippen LogP contribution in [-0.2, 0) is 19.6 Å². The molecule has 1 unspecified atom stereocenters. The molecule has 0 aliphatic carbocycles. The molecular formula is C23H34N4O5S. The van der Waals surface area contributed by atoms with Crippen molar-refractivity contribution in [1.82, 2.24) is 14.5 Å². The molecule has 0 spiro atoms. The number of nitrogens with zero attached hydrogens (tertiary/aromatic N) is 2. The van der Waals surface area contributed by atoms with Gasteiger partial charge in [-0.1, -0.05) is 32.8 Å². The predicted octanol–water partition coefficient (Wildman–Crippen LogP) is 2.94. The van der Waals surface area contributed by atoms with E-state index in [1.165, 1.54) is 16.4 Å². The lowest BCUT2D eigenvalue weighted by Gasteiger charge is -2.22. The highest BCUT2D eigenvalue weighted by Gasteiger charge is 2.47. The predicted molar refractivity (Wildman–Crippen MR) is 125 cm³/mol. The number of nitrogens with one attached hydrogen (secondary N) is 2. The van der Waals surface area contributed by atoms with Crippen LogP contribution in [-0.4, -0.2) is 60.6 Å². The molecule has 2 N–H and O–H groups in total. The van der Waals surface area contributed by atoms with Gasteiger partial charge in [-0.25, -0.2) is 13.2 Å². The maximum atomic E-state index is 13.0. The highest BCUT2D eigenvalue weighted by molar-refractivity contribution is 7.89. The van der Waals surface area contributed by atoms with Crippen LogP contribution in [0.2, 0.25) is 0 Å². The Morgan fingerprint density at radius 2 is 1.82 bits per heavy atom. The number of carbonyl (C=O) groups is 3. The van der Waals surface area contributed by atoms with Crippen LogP contribution >= 0.6 is 0 Å². The summed E-state index contributed by atoms with van der Waals surface area (Å²) in [6, 6.07) is 5.47. The molecular weight excluding hydrogens is 444 g/mol. The quantitative estimate of drug-likeness (QED) is 0.558. The maximum absolute atomic E-state index is 13.0. The van der Waals surface area contributed by atoms with Gasteiger partial charge in [0.15, 0.2) is 0 Å². The highest BCUT2D eigenvalue weighted by atomic mass is 32.2. The third-order valence-corrected chi connectivity index (χ3v) is 8.08. The second-order valence-corrected chi connectivity index (χ2v) is 11.4. The Kier molecular flexibility index (Phi) is 7.79. The van der Waals surface area contributed by atoms with Crippen LogP contribution in [0, 0.1) is 5.92 Å². The van der Waals surface area contributed by atoms with Crippen molar-refractivity contribution < 1.29 is 22.8 Å². The number of hydrogen-bond donors (Lipinski definition) is 2. The first kappa shape index (κ1) is 25.2. The molecule has 2 fully saturated rings. The van der Waals surface area contributed by atoms with Crippen LogP contribution in [0.3, 0.4) is 0 Å². The first-order valence-electron chi connectivity index (χ1n) is 11.6. The average Bonchev–Trinajstić information content (AvgIpc) is 2.96. The Bertz CT molecular complexity index is 1000. The zero-order valence-corrected chi connectivity index (χ0v) is 20.4. The summed E-state index contributed by atoms with van der Waals surface area (Å²) in [7, 11) is -3.66. The molecule has 182 valence electrons. The van der Waals surface area contributed by atoms with E-state index in [1.807, 2.05) is 13.8 Å². The van der Waals surface area contributed by atoms with E-state index in [-0.39, 0.29) is 4.90 Å². The maximum Gasteiger partial charge on any atom is 0.325 e. The number of sulfonamides is 1. The molecule has 3 rings (SSSR count). The van der Waals surface area contributed by atoms with Gasteiger partial charge in [-0.3, -0.25) is 14.5 Å². The second-order valence-electron chi connectivity index (χ2n) is 9.48. The summed E-state index contributed by atoms with van der Waals surface area (Å²) in [5.74, 6) is -0.626. The number of rotatable bonds is 8. The summed E-state index contributed by atoms with van der Waals surface area (Å²) in [5, 5.41) is 5.32. The van der Waals surface area contributed by atoms with E-state index in [1.54, 1.807) is 19.1 Å². The van der Waals surface area contributed by atoms with E-state index in [2.05, 4.69) is 10.6 Å². The third-order valence-electron chi connectivity index (χ3n) is 6.19. The number of carbonyl (C=O) groups excluding carboxylic acids is 3. The fraction of sp³-hybridized carbons (Fsp3) is 0.609. The normalized spacial score (nSPS) is 22.4. The van der Waals surface area contributed by atoms with Crippen LogP contribution in [0.15, 0.2) is 29.2 Å². The summed E-state index contributed by atoms with van der Waals surface area (Å²) in [4.78, 5) is 38.8. The lowest BCUT2D eigenvalue weighted by Crippen LogP contribution is -2.44.